The summed E-state index contributed by atoms with van der Waals surface area (Å²) in [6.45, 7) is 3.46. The summed E-state index contributed by atoms with van der Waals surface area (Å²) >= 11 is 0. The van der Waals surface area contributed by atoms with E-state index in [1.54, 1.807) is 4.90 Å². The lowest BCUT2D eigenvalue weighted by Crippen LogP contribution is -2.47. The van der Waals surface area contributed by atoms with Crippen molar-refractivity contribution in [2.45, 2.75) is 31.9 Å². The molecule has 0 aliphatic carbocycles. The van der Waals surface area contributed by atoms with Gasteiger partial charge in [-0.1, -0.05) is 0 Å². The van der Waals surface area contributed by atoms with Gasteiger partial charge in [0.05, 0.1) is 5.56 Å². The van der Waals surface area contributed by atoms with Crippen LogP contribution in [0.4, 0.5) is 13.2 Å². The molecule has 2 fully saturated rings. The molecule has 0 aromatic heterocycles. The van der Waals surface area contributed by atoms with Gasteiger partial charge in [-0.15, -0.1) is 0 Å². The monoisotopic (exact) mass is 326 g/mol. The van der Waals surface area contributed by atoms with Crippen LogP contribution in [0.25, 0.3) is 0 Å². The third-order valence-corrected chi connectivity index (χ3v) is 5.23. The predicted molar refractivity (Wildman–Crippen MR) is 81.1 cm³/mol. The molecular formula is C17H21F3N2O. The molecule has 0 bridgehead atoms. The van der Waals surface area contributed by atoms with Crippen LogP contribution in [0.1, 0.15) is 41.6 Å². The Labute approximate surface area is 133 Å². The molecular weight excluding hydrogens is 305 g/mol. The molecule has 2 aliphatic heterocycles. The van der Waals surface area contributed by atoms with Gasteiger partial charge in [-0.05, 0) is 68.5 Å². The Kier molecular flexibility index (Phi) is 4.36. The highest BCUT2D eigenvalue weighted by atomic mass is 19.4. The Hall–Kier alpha value is -1.56. The minimum absolute atomic E-state index is 0.164. The summed E-state index contributed by atoms with van der Waals surface area (Å²) in [7, 11) is 0. The molecule has 1 aromatic rings. The first-order chi connectivity index (χ1) is 10.9. The second kappa shape index (κ2) is 6.15. The van der Waals surface area contributed by atoms with Crippen LogP contribution in [-0.2, 0) is 6.18 Å². The summed E-state index contributed by atoms with van der Waals surface area (Å²) in [5, 5.41) is 3.36. The summed E-state index contributed by atoms with van der Waals surface area (Å²) in [6, 6.07) is 4.51. The Morgan fingerprint density at radius 2 is 1.57 bits per heavy atom. The van der Waals surface area contributed by atoms with Gasteiger partial charge in [0.15, 0.2) is 0 Å². The summed E-state index contributed by atoms with van der Waals surface area (Å²) in [5.41, 5.74) is -0.0389. The molecule has 1 aromatic carbocycles. The van der Waals surface area contributed by atoms with Gasteiger partial charge in [0, 0.05) is 18.7 Å². The van der Waals surface area contributed by atoms with Crippen molar-refractivity contribution in [2.24, 2.45) is 5.41 Å². The number of benzene rings is 1. The lowest BCUT2D eigenvalue weighted by molar-refractivity contribution is -0.137. The van der Waals surface area contributed by atoms with Crippen LogP contribution in [0.15, 0.2) is 24.3 Å². The summed E-state index contributed by atoms with van der Waals surface area (Å²) in [4.78, 5) is 14.2. The van der Waals surface area contributed by atoms with Crippen molar-refractivity contribution in [1.29, 1.82) is 0 Å². The number of hydrogen-bond donors (Lipinski definition) is 1. The molecule has 1 spiro atoms. The summed E-state index contributed by atoms with van der Waals surface area (Å²) in [6.07, 6.45) is -0.0964. The predicted octanol–water partition coefficient (Wildman–Crippen LogP) is 3.31. The number of carbonyl (C=O) groups excluding carboxylic acids is 1. The van der Waals surface area contributed by atoms with Gasteiger partial charge in [-0.25, -0.2) is 0 Å². The van der Waals surface area contributed by atoms with Crippen molar-refractivity contribution < 1.29 is 18.0 Å². The molecule has 2 aliphatic rings. The zero-order valence-electron chi connectivity index (χ0n) is 13.0. The summed E-state index contributed by atoms with van der Waals surface area (Å²) in [5.74, 6) is -0.164. The highest BCUT2D eigenvalue weighted by Crippen LogP contribution is 2.39. The molecule has 0 atom stereocenters. The van der Waals surface area contributed by atoms with E-state index in [-0.39, 0.29) is 5.91 Å². The minimum Gasteiger partial charge on any atom is -0.339 e. The second-order valence-electron chi connectivity index (χ2n) is 6.62. The number of rotatable bonds is 1. The fourth-order valence-corrected chi connectivity index (χ4v) is 3.63. The largest absolute Gasteiger partial charge is 0.416 e. The van der Waals surface area contributed by atoms with Crippen molar-refractivity contribution in [3.63, 3.8) is 0 Å². The minimum atomic E-state index is -4.37. The topological polar surface area (TPSA) is 32.3 Å². The Morgan fingerprint density at radius 1 is 1.00 bits per heavy atom. The van der Waals surface area contributed by atoms with Crippen LogP contribution in [0.3, 0.4) is 0 Å². The molecule has 3 rings (SSSR count). The second-order valence-corrected chi connectivity index (χ2v) is 6.62. The lowest BCUT2D eigenvalue weighted by atomic mass is 9.71. The molecule has 1 amide bonds. The van der Waals surface area contributed by atoms with E-state index < -0.39 is 11.7 Å². The van der Waals surface area contributed by atoms with Crippen LogP contribution >= 0.6 is 0 Å². The first kappa shape index (κ1) is 16.3. The number of nitrogens with zero attached hydrogens (tertiary/aromatic N) is 1. The molecule has 6 heteroatoms. The van der Waals surface area contributed by atoms with Gasteiger partial charge < -0.3 is 10.2 Å². The maximum atomic E-state index is 12.6. The molecule has 1 N–H and O–H groups in total. The van der Waals surface area contributed by atoms with E-state index in [1.165, 1.54) is 12.1 Å². The van der Waals surface area contributed by atoms with E-state index in [2.05, 4.69) is 5.32 Å². The maximum absolute atomic E-state index is 12.6. The quantitative estimate of drug-likeness (QED) is 0.859. The van der Waals surface area contributed by atoms with Gasteiger partial charge in [-0.2, -0.15) is 13.2 Å². The smallest absolute Gasteiger partial charge is 0.339 e. The highest BCUT2D eigenvalue weighted by Gasteiger charge is 2.37. The fourth-order valence-electron chi connectivity index (χ4n) is 3.63. The van der Waals surface area contributed by atoms with Crippen LogP contribution in [0.5, 0.6) is 0 Å². The van der Waals surface area contributed by atoms with Crippen molar-refractivity contribution in [3.05, 3.63) is 35.4 Å². The van der Waals surface area contributed by atoms with E-state index in [0.29, 0.717) is 24.1 Å². The number of nitrogens with one attached hydrogen (secondary N) is 1. The number of amides is 1. The Bertz CT molecular complexity index is 552. The molecule has 23 heavy (non-hydrogen) atoms. The third-order valence-electron chi connectivity index (χ3n) is 5.23. The first-order valence-corrected chi connectivity index (χ1v) is 8.07. The number of likely N-dealkylation sites (tertiary alicyclic amines) is 1. The fraction of sp³-hybridized carbons (Fsp3) is 0.588. The average molecular weight is 326 g/mol. The molecule has 0 radical (unpaired) electrons. The van der Waals surface area contributed by atoms with Gasteiger partial charge in [0.1, 0.15) is 0 Å². The van der Waals surface area contributed by atoms with Crippen molar-refractivity contribution >= 4 is 5.91 Å². The molecule has 2 saturated heterocycles. The van der Waals surface area contributed by atoms with E-state index in [4.69, 9.17) is 0 Å². The third kappa shape index (κ3) is 3.52. The van der Waals surface area contributed by atoms with Gasteiger partial charge in [0.25, 0.3) is 5.91 Å². The molecule has 3 nitrogen and oxygen atoms in total. The van der Waals surface area contributed by atoms with Crippen molar-refractivity contribution in [3.8, 4) is 0 Å². The van der Waals surface area contributed by atoms with Crippen LogP contribution in [0.2, 0.25) is 0 Å². The van der Waals surface area contributed by atoms with Crippen molar-refractivity contribution in [1.82, 2.24) is 10.2 Å². The number of halogens is 3. The Morgan fingerprint density at radius 3 is 2.09 bits per heavy atom. The van der Waals surface area contributed by atoms with Crippen LogP contribution in [0, 0.1) is 5.41 Å². The van der Waals surface area contributed by atoms with Gasteiger partial charge in [0.2, 0.25) is 0 Å². The van der Waals surface area contributed by atoms with Gasteiger partial charge in [-0.3, -0.25) is 4.79 Å². The number of hydrogen-bond acceptors (Lipinski definition) is 2. The lowest BCUT2D eigenvalue weighted by Gasteiger charge is -2.44. The number of alkyl halides is 3. The molecule has 2 heterocycles. The molecule has 0 unspecified atom stereocenters. The van der Waals surface area contributed by atoms with E-state index in [9.17, 15) is 18.0 Å². The Balaban J connectivity index is 1.63. The van der Waals surface area contributed by atoms with Crippen molar-refractivity contribution in [2.75, 3.05) is 26.2 Å². The number of piperidine rings is 2. The number of carbonyl (C=O) groups is 1. The van der Waals surface area contributed by atoms with Crippen LogP contribution in [-0.4, -0.2) is 37.0 Å². The van der Waals surface area contributed by atoms with E-state index in [0.717, 1.165) is 50.9 Å². The molecule has 126 valence electrons. The molecule has 0 saturated carbocycles. The average Bonchev–Trinajstić information content (AvgIpc) is 2.55. The normalized spacial score (nSPS) is 21.4. The van der Waals surface area contributed by atoms with E-state index in [1.807, 2.05) is 0 Å². The standard InChI is InChI=1S/C17H21F3N2O/c18-17(19,20)14-3-1-13(2-4-14)15(23)22-11-7-16(8-12-22)5-9-21-10-6-16/h1-4,21H,5-12H2. The maximum Gasteiger partial charge on any atom is 0.416 e. The first-order valence-electron chi connectivity index (χ1n) is 8.07. The summed E-state index contributed by atoms with van der Waals surface area (Å²) < 4.78 is 37.7. The van der Waals surface area contributed by atoms with Gasteiger partial charge >= 0.3 is 6.18 Å². The van der Waals surface area contributed by atoms with E-state index >= 15 is 0 Å². The SMILES string of the molecule is O=C(c1ccc(C(F)(F)F)cc1)N1CCC2(CCNCC2)CC1. The highest BCUT2D eigenvalue weighted by molar-refractivity contribution is 5.94. The zero-order valence-corrected chi connectivity index (χ0v) is 13.0. The zero-order chi connectivity index (χ0) is 16.5. The van der Waals surface area contributed by atoms with Crippen LogP contribution < -0.4 is 5.32 Å².